The third-order valence-corrected chi connectivity index (χ3v) is 1.31. The minimum absolute atomic E-state index is 0.0567. The molecule has 0 bridgehead atoms. The fraction of sp³-hybridized carbons (Fsp3) is 0.500. The SMILES string of the molecule is C=C(C)CCC(N)C(=C)O. The lowest BCUT2D eigenvalue weighted by molar-refractivity contribution is 0.362. The molecule has 2 heteroatoms. The highest BCUT2D eigenvalue weighted by Crippen LogP contribution is 2.06. The van der Waals surface area contributed by atoms with E-state index in [1.165, 1.54) is 0 Å². The summed E-state index contributed by atoms with van der Waals surface area (Å²) in [5, 5.41) is 8.78. The van der Waals surface area contributed by atoms with Crippen LogP contribution in [0.15, 0.2) is 24.5 Å². The highest BCUT2D eigenvalue weighted by Gasteiger charge is 2.03. The molecule has 0 spiro atoms. The van der Waals surface area contributed by atoms with Crippen molar-refractivity contribution < 1.29 is 5.11 Å². The number of allylic oxidation sites excluding steroid dienone is 1. The second-order valence-electron chi connectivity index (χ2n) is 2.59. The molecule has 0 aliphatic rings. The summed E-state index contributed by atoms with van der Waals surface area (Å²) in [6.07, 6.45) is 1.57. The van der Waals surface area contributed by atoms with Crippen molar-refractivity contribution >= 4 is 0 Å². The summed E-state index contributed by atoms with van der Waals surface area (Å²) in [6.45, 7) is 8.99. The van der Waals surface area contributed by atoms with Crippen LogP contribution in [0.4, 0.5) is 0 Å². The fourth-order valence-corrected chi connectivity index (χ4v) is 0.569. The van der Waals surface area contributed by atoms with Crippen LogP contribution in [0, 0.1) is 0 Å². The summed E-state index contributed by atoms with van der Waals surface area (Å²) in [6, 6.07) is -0.295. The molecule has 0 rings (SSSR count). The molecule has 0 aromatic carbocycles. The summed E-state index contributed by atoms with van der Waals surface area (Å²) in [4.78, 5) is 0. The molecular formula is C8H15NO. The van der Waals surface area contributed by atoms with Gasteiger partial charge in [-0.05, 0) is 19.8 Å². The van der Waals surface area contributed by atoms with Gasteiger partial charge in [-0.15, -0.1) is 6.58 Å². The van der Waals surface area contributed by atoms with E-state index in [9.17, 15) is 0 Å². The first kappa shape index (κ1) is 9.24. The minimum atomic E-state index is -0.295. The molecule has 3 N–H and O–H groups in total. The van der Waals surface area contributed by atoms with Gasteiger partial charge >= 0.3 is 0 Å². The second-order valence-corrected chi connectivity index (χ2v) is 2.59. The largest absolute Gasteiger partial charge is 0.511 e. The molecule has 58 valence electrons. The van der Waals surface area contributed by atoms with Crippen molar-refractivity contribution in [3.63, 3.8) is 0 Å². The van der Waals surface area contributed by atoms with Crippen LogP contribution in [0.2, 0.25) is 0 Å². The molecule has 0 aromatic heterocycles. The van der Waals surface area contributed by atoms with Crippen molar-refractivity contribution in [3.05, 3.63) is 24.5 Å². The summed E-state index contributed by atoms with van der Waals surface area (Å²) < 4.78 is 0. The molecule has 0 amide bonds. The molecule has 0 radical (unpaired) electrons. The average Bonchev–Trinajstić information content (AvgIpc) is 1.82. The van der Waals surface area contributed by atoms with Crippen molar-refractivity contribution in [2.75, 3.05) is 0 Å². The number of aliphatic hydroxyl groups is 1. The van der Waals surface area contributed by atoms with E-state index in [0.717, 1.165) is 18.4 Å². The first-order valence-electron chi connectivity index (χ1n) is 3.31. The Kier molecular flexibility index (Phi) is 3.81. The predicted octanol–water partition coefficient (Wildman–Crippen LogP) is 1.74. The molecule has 10 heavy (non-hydrogen) atoms. The second kappa shape index (κ2) is 4.12. The summed E-state index contributed by atoms with van der Waals surface area (Å²) >= 11 is 0. The normalized spacial score (nSPS) is 12.6. The summed E-state index contributed by atoms with van der Waals surface area (Å²) in [5.74, 6) is 0.0567. The lowest BCUT2D eigenvalue weighted by atomic mass is 10.1. The molecule has 1 atom stereocenters. The first-order valence-corrected chi connectivity index (χ1v) is 3.31. The Labute approximate surface area is 62.0 Å². The Hall–Kier alpha value is -0.760. The molecule has 0 fully saturated rings. The maximum Gasteiger partial charge on any atom is 0.102 e. The molecule has 0 saturated heterocycles. The molecular weight excluding hydrogens is 126 g/mol. The highest BCUT2D eigenvalue weighted by molar-refractivity contribution is 4.96. The van der Waals surface area contributed by atoms with E-state index in [0.29, 0.717) is 0 Å². The number of rotatable bonds is 4. The van der Waals surface area contributed by atoms with Crippen LogP contribution < -0.4 is 5.73 Å². The predicted molar refractivity (Wildman–Crippen MR) is 43.8 cm³/mol. The van der Waals surface area contributed by atoms with Gasteiger partial charge in [-0.2, -0.15) is 0 Å². The van der Waals surface area contributed by atoms with E-state index in [1.54, 1.807) is 0 Å². The quantitative estimate of drug-likeness (QED) is 0.462. The highest BCUT2D eigenvalue weighted by atomic mass is 16.3. The lowest BCUT2D eigenvalue weighted by Gasteiger charge is -2.08. The molecule has 1 unspecified atom stereocenters. The Morgan fingerprint density at radius 3 is 2.40 bits per heavy atom. The maximum absolute atomic E-state index is 8.78. The van der Waals surface area contributed by atoms with Crippen LogP contribution in [0.3, 0.4) is 0 Å². The molecule has 2 nitrogen and oxygen atoms in total. The van der Waals surface area contributed by atoms with E-state index in [-0.39, 0.29) is 11.8 Å². The third kappa shape index (κ3) is 4.15. The zero-order valence-electron chi connectivity index (χ0n) is 6.43. The van der Waals surface area contributed by atoms with E-state index >= 15 is 0 Å². The van der Waals surface area contributed by atoms with Gasteiger partial charge in [-0.25, -0.2) is 0 Å². The van der Waals surface area contributed by atoms with Crippen molar-refractivity contribution in [3.8, 4) is 0 Å². The molecule has 0 saturated carbocycles. The van der Waals surface area contributed by atoms with Crippen LogP contribution in [-0.2, 0) is 0 Å². The Morgan fingerprint density at radius 2 is 2.10 bits per heavy atom. The van der Waals surface area contributed by atoms with Crippen LogP contribution >= 0.6 is 0 Å². The van der Waals surface area contributed by atoms with Gasteiger partial charge in [0.2, 0.25) is 0 Å². The van der Waals surface area contributed by atoms with Gasteiger partial charge in [-0.1, -0.05) is 12.2 Å². The molecule has 0 heterocycles. The lowest BCUT2D eigenvalue weighted by Crippen LogP contribution is -2.21. The van der Waals surface area contributed by atoms with Crippen LogP contribution in [0.25, 0.3) is 0 Å². The average molecular weight is 141 g/mol. The Balaban J connectivity index is 3.49. The zero-order chi connectivity index (χ0) is 8.15. The van der Waals surface area contributed by atoms with Crippen molar-refractivity contribution in [1.82, 2.24) is 0 Å². The third-order valence-electron chi connectivity index (χ3n) is 1.31. The van der Waals surface area contributed by atoms with Crippen LogP contribution in [-0.4, -0.2) is 11.1 Å². The first-order chi connectivity index (χ1) is 4.54. The van der Waals surface area contributed by atoms with Crippen molar-refractivity contribution in [2.24, 2.45) is 5.73 Å². The van der Waals surface area contributed by atoms with Crippen molar-refractivity contribution in [2.45, 2.75) is 25.8 Å². The zero-order valence-corrected chi connectivity index (χ0v) is 6.43. The van der Waals surface area contributed by atoms with E-state index in [2.05, 4.69) is 13.2 Å². The van der Waals surface area contributed by atoms with E-state index in [1.807, 2.05) is 6.92 Å². The van der Waals surface area contributed by atoms with Gasteiger partial charge in [0.25, 0.3) is 0 Å². The van der Waals surface area contributed by atoms with Gasteiger partial charge in [0.15, 0.2) is 0 Å². The van der Waals surface area contributed by atoms with Gasteiger partial charge in [0.1, 0.15) is 5.76 Å². The number of hydrogen-bond acceptors (Lipinski definition) is 2. The van der Waals surface area contributed by atoms with Crippen LogP contribution in [0.1, 0.15) is 19.8 Å². The van der Waals surface area contributed by atoms with E-state index < -0.39 is 0 Å². The standard InChI is InChI=1S/C8H15NO/c1-6(2)4-5-8(9)7(3)10/h8,10H,1,3-5,9H2,2H3. The molecule has 0 aliphatic carbocycles. The van der Waals surface area contributed by atoms with Gasteiger partial charge in [-0.3, -0.25) is 0 Å². The number of hydrogen-bond donors (Lipinski definition) is 2. The molecule has 0 aliphatic heterocycles. The fourth-order valence-electron chi connectivity index (χ4n) is 0.569. The smallest absolute Gasteiger partial charge is 0.102 e. The Morgan fingerprint density at radius 1 is 1.60 bits per heavy atom. The van der Waals surface area contributed by atoms with E-state index in [4.69, 9.17) is 10.8 Å². The topological polar surface area (TPSA) is 46.2 Å². The summed E-state index contributed by atoms with van der Waals surface area (Å²) in [5.41, 5.74) is 6.55. The van der Waals surface area contributed by atoms with Gasteiger partial charge < -0.3 is 10.8 Å². The maximum atomic E-state index is 8.78. The monoisotopic (exact) mass is 141 g/mol. The minimum Gasteiger partial charge on any atom is -0.511 e. The number of nitrogens with two attached hydrogens (primary N) is 1. The summed E-state index contributed by atoms with van der Waals surface area (Å²) in [7, 11) is 0. The van der Waals surface area contributed by atoms with Gasteiger partial charge in [0, 0.05) is 0 Å². The van der Waals surface area contributed by atoms with Crippen molar-refractivity contribution in [1.29, 1.82) is 0 Å². The Bertz CT molecular complexity index is 140. The number of aliphatic hydroxyl groups excluding tert-OH is 1. The van der Waals surface area contributed by atoms with Gasteiger partial charge in [0.05, 0.1) is 6.04 Å². The molecule has 0 aromatic rings. The van der Waals surface area contributed by atoms with Crippen LogP contribution in [0.5, 0.6) is 0 Å².